The summed E-state index contributed by atoms with van der Waals surface area (Å²) in [6.07, 6.45) is 2.56. The maximum absolute atomic E-state index is 4.48. The molecule has 0 aromatic heterocycles. The lowest BCUT2D eigenvalue weighted by atomic mass is 9.93. The van der Waals surface area contributed by atoms with Crippen molar-refractivity contribution >= 4 is 12.6 Å². The summed E-state index contributed by atoms with van der Waals surface area (Å²) in [6.45, 7) is 8.83. The number of thiol groups is 1. The van der Waals surface area contributed by atoms with Crippen molar-refractivity contribution in [1.82, 2.24) is 0 Å². The minimum atomic E-state index is 0.204. The van der Waals surface area contributed by atoms with E-state index in [1.54, 1.807) is 0 Å². The maximum Gasteiger partial charge on any atom is 0.00987 e. The number of rotatable bonds is 3. The van der Waals surface area contributed by atoms with Crippen molar-refractivity contribution in [1.29, 1.82) is 0 Å². The molecule has 1 unspecified atom stereocenters. The van der Waals surface area contributed by atoms with Gasteiger partial charge in [-0.15, -0.1) is 0 Å². The first-order valence-corrected chi connectivity index (χ1v) is 4.15. The van der Waals surface area contributed by atoms with Crippen molar-refractivity contribution in [3.8, 4) is 0 Å². The molecule has 0 spiro atoms. The molecular formula is C8H18S. The van der Waals surface area contributed by atoms with Gasteiger partial charge in [0, 0.05) is 4.75 Å². The fourth-order valence-corrected chi connectivity index (χ4v) is 0.915. The fraction of sp³-hybridized carbons (Fsp3) is 1.00. The molecule has 56 valence electrons. The van der Waals surface area contributed by atoms with Gasteiger partial charge in [-0.2, -0.15) is 12.6 Å². The average molecular weight is 146 g/mol. The van der Waals surface area contributed by atoms with E-state index in [0.29, 0.717) is 0 Å². The molecule has 9 heavy (non-hydrogen) atoms. The van der Waals surface area contributed by atoms with Gasteiger partial charge in [-0.25, -0.2) is 0 Å². The number of hydrogen-bond acceptors (Lipinski definition) is 1. The molecule has 0 amide bonds. The second-order valence-electron chi connectivity index (χ2n) is 3.34. The summed E-state index contributed by atoms with van der Waals surface area (Å²) >= 11 is 4.48. The summed E-state index contributed by atoms with van der Waals surface area (Å²) in [4.78, 5) is 0. The van der Waals surface area contributed by atoms with E-state index in [1.165, 1.54) is 12.8 Å². The van der Waals surface area contributed by atoms with E-state index in [4.69, 9.17) is 0 Å². The molecule has 0 saturated carbocycles. The summed E-state index contributed by atoms with van der Waals surface area (Å²) in [6, 6.07) is 0. The molecule has 0 aliphatic rings. The van der Waals surface area contributed by atoms with Gasteiger partial charge in [-0.1, -0.05) is 34.1 Å². The zero-order valence-electron chi connectivity index (χ0n) is 6.94. The highest BCUT2D eigenvalue weighted by Gasteiger charge is 2.19. The van der Waals surface area contributed by atoms with Crippen LogP contribution in [0.1, 0.15) is 40.5 Å². The maximum atomic E-state index is 4.48. The Morgan fingerprint density at radius 2 is 1.89 bits per heavy atom. The van der Waals surface area contributed by atoms with E-state index in [1.807, 2.05) is 0 Å². The van der Waals surface area contributed by atoms with Crippen LogP contribution in [-0.4, -0.2) is 4.75 Å². The van der Waals surface area contributed by atoms with Gasteiger partial charge in [0.05, 0.1) is 0 Å². The average Bonchev–Trinajstić information content (AvgIpc) is 1.64. The van der Waals surface area contributed by atoms with Crippen molar-refractivity contribution in [3.05, 3.63) is 0 Å². The van der Waals surface area contributed by atoms with E-state index in [2.05, 4.69) is 40.3 Å². The molecule has 0 bridgehead atoms. The molecule has 0 aromatic carbocycles. The first-order chi connectivity index (χ1) is 3.98. The van der Waals surface area contributed by atoms with Crippen LogP contribution in [-0.2, 0) is 0 Å². The minimum Gasteiger partial charge on any atom is -0.173 e. The van der Waals surface area contributed by atoms with Gasteiger partial charge in [0.2, 0.25) is 0 Å². The van der Waals surface area contributed by atoms with E-state index >= 15 is 0 Å². The zero-order valence-corrected chi connectivity index (χ0v) is 7.83. The highest BCUT2D eigenvalue weighted by atomic mass is 32.1. The van der Waals surface area contributed by atoms with Crippen molar-refractivity contribution < 1.29 is 0 Å². The summed E-state index contributed by atoms with van der Waals surface area (Å²) < 4.78 is 0.204. The van der Waals surface area contributed by atoms with Crippen LogP contribution >= 0.6 is 12.6 Å². The Morgan fingerprint density at radius 1 is 1.44 bits per heavy atom. The first kappa shape index (κ1) is 9.35. The van der Waals surface area contributed by atoms with Crippen LogP contribution < -0.4 is 0 Å². The number of hydrogen-bond donors (Lipinski definition) is 1. The van der Waals surface area contributed by atoms with Crippen LogP contribution in [0.25, 0.3) is 0 Å². The molecular weight excluding hydrogens is 128 g/mol. The highest BCUT2D eigenvalue weighted by molar-refractivity contribution is 7.81. The predicted octanol–water partition coefficient (Wildman–Crippen LogP) is 3.13. The Balaban J connectivity index is 3.59. The second-order valence-corrected chi connectivity index (χ2v) is 4.50. The van der Waals surface area contributed by atoms with E-state index in [9.17, 15) is 0 Å². The molecule has 0 fully saturated rings. The Kier molecular flexibility index (Phi) is 3.64. The predicted molar refractivity (Wildman–Crippen MR) is 47.1 cm³/mol. The molecule has 0 heterocycles. The third kappa shape index (κ3) is 3.85. The van der Waals surface area contributed by atoms with Crippen LogP contribution in [0, 0.1) is 5.92 Å². The highest BCUT2D eigenvalue weighted by Crippen LogP contribution is 2.26. The van der Waals surface area contributed by atoms with Crippen LogP contribution in [0.5, 0.6) is 0 Å². The molecule has 0 aliphatic heterocycles. The molecule has 0 saturated heterocycles. The van der Waals surface area contributed by atoms with E-state index in [-0.39, 0.29) is 4.75 Å². The third-order valence-electron chi connectivity index (χ3n) is 1.93. The van der Waals surface area contributed by atoms with E-state index in [0.717, 1.165) is 5.92 Å². The molecule has 0 rings (SSSR count). The monoisotopic (exact) mass is 146 g/mol. The Hall–Kier alpha value is 0.350. The lowest BCUT2D eigenvalue weighted by Crippen LogP contribution is -2.21. The van der Waals surface area contributed by atoms with Gasteiger partial charge in [0.15, 0.2) is 0 Å². The summed E-state index contributed by atoms with van der Waals surface area (Å²) in [5.41, 5.74) is 0. The van der Waals surface area contributed by atoms with Crippen LogP contribution in [0.4, 0.5) is 0 Å². The lowest BCUT2D eigenvalue weighted by molar-refractivity contribution is 0.429. The zero-order chi connectivity index (χ0) is 7.49. The smallest absolute Gasteiger partial charge is 0.00987 e. The van der Waals surface area contributed by atoms with Gasteiger partial charge in [-0.05, 0) is 12.3 Å². The largest absolute Gasteiger partial charge is 0.173 e. The van der Waals surface area contributed by atoms with Crippen LogP contribution in [0.3, 0.4) is 0 Å². The van der Waals surface area contributed by atoms with Crippen molar-refractivity contribution in [3.63, 3.8) is 0 Å². The molecule has 0 aliphatic carbocycles. The molecule has 1 heteroatoms. The Labute approximate surface area is 64.4 Å². The lowest BCUT2D eigenvalue weighted by Gasteiger charge is -2.25. The van der Waals surface area contributed by atoms with Gasteiger partial charge >= 0.3 is 0 Å². The first-order valence-electron chi connectivity index (χ1n) is 3.70. The molecule has 0 N–H and O–H groups in total. The van der Waals surface area contributed by atoms with Crippen molar-refractivity contribution in [2.75, 3.05) is 0 Å². The quantitative estimate of drug-likeness (QED) is 0.581. The summed E-state index contributed by atoms with van der Waals surface area (Å²) in [5.74, 6) is 0.728. The Morgan fingerprint density at radius 3 is 2.00 bits per heavy atom. The Bertz CT molecular complexity index is 71.1. The topological polar surface area (TPSA) is 0 Å². The fourth-order valence-electron chi connectivity index (χ4n) is 0.786. The molecule has 0 aromatic rings. The molecule has 0 nitrogen and oxygen atoms in total. The SMILES string of the molecule is CCCC(C)C(C)(C)S. The van der Waals surface area contributed by atoms with Gasteiger partial charge in [-0.3, -0.25) is 0 Å². The summed E-state index contributed by atoms with van der Waals surface area (Å²) in [5, 5.41) is 0. The normalized spacial score (nSPS) is 15.7. The van der Waals surface area contributed by atoms with Crippen LogP contribution in [0.2, 0.25) is 0 Å². The molecule has 1 atom stereocenters. The van der Waals surface area contributed by atoms with Crippen molar-refractivity contribution in [2.24, 2.45) is 5.92 Å². The second kappa shape index (κ2) is 3.50. The van der Waals surface area contributed by atoms with Gasteiger partial charge in [0.25, 0.3) is 0 Å². The standard InChI is InChI=1S/C8H18S/c1-5-6-7(2)8(3,4)9/h7,9H,5-6H2,1-4H3. The van der Waals surface area contributed by atoms with E-state index < -0.39 is 0 Å². The summed E-state index contributed by atoms with van der Waals surface area (Å²) in [7, 11) is 0. The van der Waals surface area contributed by atoms with Crippen molar-refractivity contribution in [2.45, 2.75) is 45.3 Å². The molecule has 0 radical (unpaired) electrons. The minimum absolute atomic E-state index is 0.204. The third-order valence-corrected chi connectivity index (χ3v) is 2.37. The van der Waals surface area contributed by atoms with Gasteiger partial charge in [0.1, 0.15) is 0 Å². The van der Waals surface area contributed by atoms with Crippen LogP contribution in [0.15, 0.2) is 0 Å². The van der Waals surface area contributed by atoms with Gasteiger partial charge < -0.3 is 0 Å².